The zero-order chi connectivity index (χ0) is 16.8. The van der Waals surface area contributed by atoms with E-state index in [-0.39, 0.29) is 17.9 Å². The molecule has 1 rings (SSSR count). The molecule has 0 saturated carbocycles. The smallest absolute Gasteiger partial charge is 0.394 e. The molecule has 4 N–H and O–H groups in total. The number of oxime groups is 1. The van der Waals surface area contributed by atoms with Crippen molar-refractivity contribution in [3.05, 3.63) is 12.7 Å². The standard InChI is InChI=1S/C11H19NO8S2/c1-2-3-4-9(12-20-22(16,17)18)21-10-5-7(14)11(15)8(6-13)19-10/h2,7-8,10-11,13-15H,1,3-6H2,(H,16,17,18). The summed E-state index contributed by atoms with van der Waals surface area (Å²) < 4.78 is 39.0. The first-order chi connectivity index (χ1) is 10.3. The number of aliphatic hydroxyl groups excluding tert-OH is 3. The molecule has 4 unspecified atom stereocenters. The van der Waals surface area contributed by atoms with Crippen LogP contribution in [0.1, 0.15) is 19.3 Å². The van der Waals surface area contributed by atoms with Crippen LogP contribution in [0.15, 0.2) is 17.8 Å². The molecule has 128 valence electrons. The maximum Gasteiger partial charge on any atom is 0.466 e. The van der Waals surface area contributed by atoms with Gasteiger partial charge in [-0.1, -0.05) is 23.0 Å². The summed E-state index contributed by atoms with van der Waals surface area (Å²) in [4.78, 5) is 0. The minimum Gasteiger partial charge on any atom is -0.394 e. The van der Waals surface area contributed by atoms with Gasteiger partial charge in [0.2, 0.25) is 0 Å². The third-order valence-electron chi connectivity index (χ3n) is 2.78. The van der Waals surface area contributed by atoms with Gasteiger partial charge in [-0.05, 0) is 6.42 Å². The number of rotatable bonds is 7. The number of hydrogen-bond acceptors (Lipinski definition) is 9. The van der Waals surface area contributed by atoms with Gasteiger partial charge in [0.25, 0.3) is 0 Å². The summed E-state index contributed by atoms with van der Waals surface area (Å²) in [7, 11) is -4.72. The second-order valence-corrected chi connectivity index (χ2v) is 6.75. The first kappa shape index (κ1) is 19.4. The Balaban J connectivity index is 2.73. The molecule has 0 bridgehead atoms. The predicted octanol–water partition coefficient (Wildman–Crippen LogP) is -0.352. The molecular formula is C11H19NO8S2. The second-order valence-electron chi connectivity index (χ2n) is 4.51. The number of nitrogens with zero attached hydrogens (tertiary/aromatic N) is 1. The molecule has 9 nitrogen and oxygen atoms in total. The Hall–Kier alpha value is -0.690. The van der Waals surface area contributed by atoms with Crippen molar-refractivity contribution >= 4 is 27.2 Å². The zero-order valence-corrected chi connectivity index (χ0v) is 13.2. The summed E-state index contributed by atoms with van der Waals surface area (Å²) in [5.41, 5.74) is -0.663. The van der Waals surface area contributed by atoms with E-state index in [0.717, 1.165) is 11.8 Å². The molecule has 1 fully saturated rings. The van der Waals surface area contributed by atoms with E-state index in [1.165, 1.54) is 0 Å². The number of allylic oxidation sites excluding steroid dienone is 1. The van der Waals surface area contributed by atoms with Gasteiger partial charge in [0, 0.05) is 12.8 Å². The molecule has 0 aliphatic carbocycles. The molecule has 0 aromatic carbocycles. The molecule has 1 saturated heterocycles. The molecule has 0 spiro atoms. The minimum atomic E-state index is -4.72. The summed E-state index contributed by atoms with van der Waals surface area (Å²) in [5, 5.41) is 32.0. The second kappa shape index (κ2) is 8.82. The van der Waals surface area contributed by atoms with Gasteiger partial charge in [0.1, 0.15) is 22.7 Å². The van der Waals surface area contributed by atoms with E-state index in [9.17, 15) is 18.6 Å². The SMILES string of the molecule is C=CCCC(=NOS(=O)(=O)O)SC1CC(O)C(O)C(CO)O1. The normalized spacial score (nSPS) is 30.1. The van der Waals surface area contributed by atoms with Crippen LogP contribution in [0.5, 0.6) is 0 Å². The van der Waals surface area contributed by atoms with Gasteiger partial charge in [-0.25, -0.2) is 4.28 Å². The molecule has 1 heterocycles. The van der Waals surface area contributed by atoms with E-state index in [4.69, 9.17) is 14.4 Å². The lowest BCUT2D eigenvalue weighted by molar-refractivity contribution is -0.156. The number of aliphatic hydroxyl groups is 3. The monoisotopic (exact) mass is 357 g/mol. The molecular weight excluding hydrogens is 338 g/mol. The Morgan fingerprint density at radius 1 is 1.50 bits per heavy atom. The van der Waals surface area contributed by atoms with Crippen molar-refractivity contribution in [2.75, 3.05) is 6.61 Å². The lowest BCUT2D eigenvalue weighted by Crippen LogP contribution is -2.49. The molecule has 1 aliphatic rings. The first-order valence-corrected chi connectivity index (χ1v) is 8.64. The maximum absolute atomic E-state index is 10.6. The van der Waals surface area contributed by atoms with Crippen LogP contribution < -0.4 is 0 Å². The summed E-state index contributed by atoms with van der Waals surface area (Å²) in [6, 6.07) is 0. The van der Waals surface area contributed by atoms with Gasteiger partial charge in [-0.2, -0.15) is 8.42 Å². The number of ether oxygens (including phenoxy) is 1. The van der Waals surface area contributed by atoms with E-state index in [1.54, 1.807) is 6.08 Å². The van der Waals surface area contributed by atoms with E-state index in [1.807, 2.05) is 0 Å². The topological polar surface area (TPSA) is 146 Å². The van der Waals surface area contributed by atoms with Crippen LogP contribution in [0.3, 0.4) is 0 Å². The quantitative estimate of drug-likeness (QED) is 0.158. The molecule has 4 atom stereocenters. The Labute approximate surface area is 132 Å². The summed E-state index contributed by atoms with van der Waals surface area (Å²) >= 11 is 0.968. The van der Waals surface area contributed by atoms with Gasteiger partial charge < -0.3 is 20.1 Å². The van der Waals surface area contributed by atoms with Crippen LogP contribution in [0, 0.1) is 0 Å². The third-order valence-corrected chi connectivity index (χ3v) is 4.16. The van der Waals surface area contributed by atoms with E-state index < -0.39 is 40.8 Å². The average Bonchev–Trinajstić information content (AvgIpc) is 2.44. The number of thioether (sulfide) groups is 1. The van der Waals surface area contributed by atoms with Crippen molar-refractivity contribution in [2.24, 2.45) is 5.16 Å². The lowest BCUT2D eigenvalue weighted by Gasteiger charge is -2.35. The Morgan fingerprint density at radius 3 is 2.73 bits per heavy atom. The van der Waals surface area contributed by atoms with E-state index in [2.05, 4.69) is 16.0 Å². The van der Waals surface area contributed by atoms with Crippen LogP contribution in [-0.4, -0.2) is 63.7 Å². The van der Waals surface area contributed by atoms with Crippen molar-refractivity contribution < 1.29 is 37.3 Å². The highest BCUT2D eigenvalue weighted by Gasteiger charge is 2.37. The molecule has 11 heteroatoms. The summed E-state index contributed by atoms with van der Waals surface area (Å²) in [6.45, 7) is 3.05. The zero-order valence-electron chi connectivity index (χ0n) is 11.6. The van der Waals surface area contributed by atoms with Crippen LogP contribution in [0.25, 0.3) is 0 Å². The van der Waals surface area contributed by atoms with Crippen molar-refractivity contribution in [2.45, 2.75) is 43.0 Å². The first-order valence-electron chi connectivity index (χ1n) is 6.39. The lowest BCUT2D eigenvalue weighted by atomic mass is 10.0. The average molecular weight is 357 g/mol. The van der Waals surface area contributed by atoms with Gasteiger partial charge in [-0.15, -0.1) is 6.58 Å². The van der Waals surface area contributed by atoms with Crippen LogP contribution in [0.2, 0.25) is 0 Å². The molecule has 1 aliphatic heterocycles. The molecule has 0 amide bonds. The molecule has 0 aromatic rings. The van der Waals surface area contributed by atoms with Crippen LogP contribution >= 0.6 is 11.8 Å². The minimum absolute atomic E-state index is 0.0569. The summed E-state index contributed by atoms with van der Waals surface area (Å²) in [5.74, 6) is 0. The van der Waals surface area contributed by atoms with Crippen LogP contribution in [-0.2, 0) is 19.4 Å². The molecule has 22 heavy (non-hydrogen) atoms. The Bertz CT molecular complexity index is 494. The molecule has 0 radical (unpaired) electrons. The highest BCUT2D eigenvalue weighted by Crippen LogP contribution is 2.30. The van der Waals surface area contributed by atoms with E-state index in [0.29, 0.717) is 6.42 Å². The third kappa shape index (κ3) is 6.60. The van der Waals surface area contributed by atoms with Gasteiger partial charge in [-0.3, -0.25) is 4.55 Å². The summed E-state index contributed by atoms with van der Waals surface area (Å²) in [6.07, 6.45) is -0.851. The highest BCUT2D eigenvalue weighted by molar-refractivity contribution is 8.14. The van der Waals surface area contributed by atoms with Gasteiger partial charge in [0.15, 0.2) is 0 Å². The Kier molecular flexibility index (Phi) is 7.76. The van der Waals surface area contributed by atoms with E-state index >= 15 is 0 Å². The van der Waals surface area contributed by atoms with Crippen molar-refractivity contribution in [1.29, 1.82) is 0 Å². The van der Waals surface area contributed by atoms with Crippen molar-refractivity contribution in [1.82, 2.24) is 0 Å². The van der Waals surface area contributed by atoms with Gasteiger partial charge >= 0.3 is 10.4 Å². The Morgan fingerprint density at radius 2 is 2.18 bits per heavy atom. The van der Waals surface area contributed by atoms with Gasteiger partial charge in [0.05, 0.1) is 12.7 Å². The van der Waals surface area contributed by atoms with Crippen molar-refractivity contribution in [3.63, 3.8) is 0 Å². The fourth-order valence-electron chi connectivity index (χ4n) is 1.73. The largest absolute Gasteiger partial charge is 0.466 e. The predicted molar refractivity (Wildman–Crippen MR) is 79.5 cm³/mol. The number of hydrogen-bond donors (Lipinski definition) is 4. The van der Waals surface area contributed by atoms with Crippen LogP contribution in [0.4, 0.5) is 0 Å². The molecule has 0 aromatic heterocycles. The fourth-order valence-corrected chi connectivity index (χ4v) is 3.08. The van der Waals surface area contributed by atoms with Crippen molar-refractivity contribution in [3.8, 4) is 0 Å². The fraction of sp³-hybridized carbons (Fsp3) is 0.727. The highest BCUT2D eigenvalue weighted by atomic mass is 32.3. The maximum atomic E-state index is 10.6.